The topological polar surface area (TPSA) is 51.2 Å². The van der Waals surface area contributed by atoms with Crippen LogP contribution in [-0.4, -0.2) is 18.9 Å². The fraction of sp³-hybridized carbons (Fsp3) is 0.300. The van der Waals surface area contributed by atoms with Gasteiger partial charge in [-0.1, -0.05) is 15.9 Å². The van der Waals surface area contributed by atoms with Crippen molar-refractivity contribution in [3.05, 3.63) is 28.2 Å². The van der Waals surface area contributed by atoms with E-state index >= 15 is 0 Å². The van der Waals surface area contributed by atoms with Gasteiger partial charge in [0.2, 0.25) is 0 Å². The normalized spacial score (nSPS) is 21.4. The summed E-state index contributed by atoms with van der Waals surface area (Å²) in [7, 11) is -3.52. The molecule has 1 heterocycles. The Morgan fingerprint density at radius 2 is 1.87 bits per heavy atom. The molecule has 80 valence electrons. The van der Waals surface area contributed by atoms with Gasteiger partial charge in [-0.2, -0.15) is 0 Å². The van der Waals surface area contributed by atoms with Crippen LogP contribution in [-0.2, 0) is 9.84 Å². The summed E-state index contributed by atoms with van der Waals surface area (Å²) in [6.45, 7) is 2.89. The molecule has 1 aliphatic rings. The summed E-state index contributed by atoms with van der Waals surface area (Å²) in [5.74, 6) is -0.334. The van der Waals surface area contributed by atoms with Gasteiger partial charge in [-0.25, -0.2) is 8.42 Å². The second-order valence-electron chi connectivity index (χ2n) is 3.98. The van der Waals surface area contributed by atoms with Crippen molar-refractivity contribution in [1.29, 1.82) is 0 Å². The lowest BCUT2D eigenvalue weighted by molar-refractivity contribution is 0.0958. The zero-order valence-electron chi connectivity index (χ0n) is 8.24. The Morgan fingerprint density at radius 3 is 2.47 bits per heavy atom. The number of carbonyl (C=O) groups is 1. The third-order valence-corrected chi connectivity index (χ3v) is 5.65. The van der Waals surface area contributed by atoms with Crippen LogP contribution in [0.5, 0.6) is 0 Å². The van der Waals surface area contributed by atoms with E-state index in [-0.39, 0.29) is 16.2 Å². The highest BCUT2D eigenvalue weighted by molar-refractivity contribution is 9.10. The smallest absolute Gasteiger partial charge is 0.191 e. The van der Waals surface area contributed by atoms with Crippen molar-refractivity contribution in [3.8, 4) is 0 Å². The molecule has 0 saturated heterocycles. The summed E-state index contributed by atoms with van der Waals surface area (Å²) in [6.07, 6.45) is 0. The number of rotatable bonds is 0. The van der Waals surface area contributed by atoms with Crippen LogP contribution in [0.3, 0.4) is 0 Å². The Morgan fingerprint density at radius 1 is 1.27 bits per heavy atom. The fourth-order valence-corrected chi connectivity index (χ4v) is 3.59. The molecule has 1 aromatic carbocycles. The molecule has 0 N–H and O–H groups in total. The van der Waals surface area contributed by atoms with Crippen LogP contribution in [0.2, 0.25) is 0 Å². The molecule has 0 aliphatic carbocycles. The lowest BCUT2D eigenvalue weighted by atomic mass is 10.0. The van der Waals surface area contributed by atoms with Crippen LogP contribution in [0, 0.1) is 0 Å². The van der Waals surface area contributed by atoms with Gasteiger partial charge in [0.15, 0.2) is 15.6 Å². The average molecular weight is 289 g/mol. The lowest BCUT2D eigenvalue weighted by Crippen LogP contribution is -2.33. The predicted octanol–water partition coefficient (Wildman–Crippen LogP) is 2.20. The molecule has 0 fully saturated rings. The van der Waals surface area contributed by atoms with Crippen LogP contribution in [0.1, 0.15) is 24.2 Å². The molecule has 0 unspecified atom stereocenters. The van der Waals surface area contributed by atoms with Gasteiger partial charge in [-0.3, -0.25) is 4.79 Å². The molecular formula is C10H9BrO3S. The lowest BCUT2D eigenvalue weighted by Gasteiger charge is -2.13. The first-order valence-electron chi connectivity index (χ1n) is 4.37. The van der Waals surface area contributed by atoms with Gasteiger partial charge in [-0.05, 0) is 32.0 Å². The van der Waals surface area contributed by atoms with E-state index in [1.165, 1.54) is 19.9 Å². The predicted molar refractivity (Wildman–Crippen MR) is 59.7 cm³/mol. The molecule has 1 aliphatic heterocycles. The highest BCUT2D eigenvalue weighted by Gasteiger charge is 2.51. The van der Waals surface area contributed by atoms with Gasteiger partial charge in [0, 0.05) is 10.0 Å². The van der Waals surface area contributed by atoms with Crippen molar-refractivity contribution >= 4 is 31.6 Å². The fourth-order valence-electron chi connectivity index (χ4n) is 1.64. The summed E-state index contributed by atoms with van der Waals surface area (Å²) in [5, 5.41) is 0. The number of Topliss-reactive ketones (excluding diaryl/α,β-unsaturated/α-hetero) is 1. The van der Waals surface area contributed by atoms with Gasteiger partial charge >= 0.3 is 0 Å². The van der Waals surface area contributed by atoms with Crippen LogP contribution in [0.4, 0.5) is 0 Å². The quantitative estimate of drug-likeness (QED) is 0.735. The van der Waals surface area contributed by atoms with Crippen LogP contribution >= 0.6 is 15.9 Å². The molecule has 0 bridgehead atoms. The first kappa shape index (κ1) is 10.8. The van der Waals surface area contributed by atoms with Crippen molar-refractivity contribution < 1.29 is 13.2 Å². The summed E-state index contributed by atoms with van der Waals surface area (Å²) >= 11 is 3.22. The molecule has 1 aromatic rings. The van der Waals surface area contributed by atoms with Gasteiger partial charge < -0.3 is 0 Å². The second kappa shape index (κ2) is 2.92. The van der Waals surface area contributed by atoms with E-state index in [1.807, 2.05) is 0 Å². The summed E-state index contributed by atoms with van der Waals surface area (Å²) < 4.78 is 23.4. The van der Waals surface area contributed by atoms with Gasteiger partial charge in [-0.15, -0.1) is 0 Å². The number of halogens is 1. The highest BCUT2D eigenvalue weighted by atomic mass is 79.9. The molecule has 5 heteroatoms. The van der Waals surface area contributed by atoms with Crippen LogP contribution in [0.25, 0.3) is 0 Å². The molecule has 2 rings (SSSR count). The van der Waals surface area contributed by atoms with E-state index in [2.05, 4.69) is 15.9 Å². The molecule has 0 saturated carbocycles. The van der Waals surface area contributed by atoms with Crippen molar-refractivity contribution in [2.75, 3.05) is 0 Å². The third-order valence-electron chi connectivity index (χ3n) is 2.69. The average Bonchev–Trinajstić information content (AvgIpc) is 2.26. The first-order valence-corrected chi connectivity index (χ1v) is 6.65. The summed E-state index contributed by atoms with van der Waals surface area (Å²) in [4.78, 5) is 12.0. The van der Waals surface area contributed by atoms with Crippen molar-refractivity contribution in [3.63, 3.8) is 0 Å². The number of benzene rings is 1. The largest absolute Gasteiger partial charge is 0.292 e. The minimum atomic E-state index is -3.52. The first-order chi connectivity index (χ1) is 6.78. The van der Waals surface area contributed by atoms with E-state index < -0.39 is 14.6 Å². The molecular weight excluding hydrogens is 280 g/mol. The Labute approximate surface area is 96.5 Å². The number of hydrogen-bond acceptors (Lipinski definition) is 3. The van der Waals surface area contributed by atoms with Gasteiger partial charge in [0.1, 0.15) is 4.75 Å². The van der Waals surface area contributed by atoms with Crippen molar-refractivity contribution in [1.82, 2.24) is 0 Å². The zero-order valence-corrected chi connectivity index (χ0v) is 10.6. The Hall–Kier alpha value is -0.680. The Kier molecular flexibility index (Phi) is 2.11. The maximum Gasteiger partial charge on any atom is 0.191 e. The minimum absolute atomic E-state index is 0.140. The summed E-state index contributed by atoms with van der Waals surface area (Å²) in [6, 6.07) is 4.66. The van der Waals surface area contributed by atoms with E-state index in [4.69, 9.17) is 0 Å². The minimum Gasteiger partial charge on any atom is -0.292 e. The Bertz CT molecular complexity index is 558. The van der Waals surface area contributed by atoms with Crippen molar-refractivity contribution in [2.24, 2.45) is 0 Å². The SMILES string of the molecule is CC1(C)C(=O)c2cc(Br)ccc2S1(=O)=O. The van der Waals surface area contributed by atoms with E-state index in [1.54, 1.807) is 12.1 Å². The van der Waals surface area contributed by atoms with E-state index in [0.29, 0.717) is 4.47 Å². The molecule has 0 atom stereocenters. The number of ketones is 1. The molecule has 0 radical (unpaired) electrons. The molecule has 0 aromatic heterocycles. The maximum absolute atomic E-state index is 12.0. The maximum atomic E-state index is 12.0. The third kappa shape index (κ3) is 1.23. The second-order valence-corrected chi connectivity index (χ2v) is 7.37. The number of sulfone groups is 1. The number of fused-ring (bicyclic) bond motifs is 1. The standard InChI is InChI=1S/C10H9BrO3S/c1-10(2)9(12)7-5-6(11)3-4-8(7)15(10,13)14/h3-5H,1-2H3. The molecule has 0 amide bonds. The van der Waals surface area contributed by atoms with Gasteiger partial charge in [0.05, 0.1) is 4.90 Å². The number of carbonyl (C=O) groups excluding carboxylic acids is 1. The van der Waals surface area contributed by atoms with Crippen molar-refractivity contribution in [2.45, 2.75) is 23.5 Å². The van der Waals surface area contributed by atoms with E-state index in [9.17, 15) is 13.2 Å². The van der Waals surface area contributed by atoms with Gasteiger partial charge in [0.25, 0.3) is 0 Å². The molecule has 15 heavy (non-hydrogen) atoms. The molecule has 3 nitrogen and oxygen atoms in total. The van der Waals surface area contributed by atoms with E-state index in [0.717, 1.165) is 0 Å². The zero-order chi connectivity index (χ0) is 11.4. The van der Waals surface area contributed by atoms with Crippen LogP contribution < -0.4 is 0 Å². The number of hydrogen-bond donors (Lipinski definition) is 0. The highest BCUT2D eigenvalue weighted by Crippen LogP contribution is 2.39. The summed E-state index contributed by atoms with van der Waals surface area (Å²) in [5.41, 5.74) is 0.286. The Balaban J connectivity index is 2.87. The van der Waals surface area contributed by atoms with Crippen LogP contribution in [0.15, 0.2) is 27.6 Å². The molecule has 0 spiro atoms. The monoisotopic (exact) mass is 288 g/mol.